The molecule has 0 saturated heterocycles. The fourth-order valence-corrected chi connectivity index (χ4v) is 2.49. The van der Waals surface area contributed by atoms with Gasteiger partial charge in [-0.1, -0.05) is 11.6 Å². The number of thioether (sulfide) groups is 1. The summed E-state index contributed by atoms with van der Waals surface area (Å²) < 4.78 is 0.717. The molecule has 1 rings (SSSR count). The zero-order valence-corrected chi connectivity index (χ0v) is 12.8. The van der Waals surface area contributed by atoms with Crippen molar-refractivity contribution in [2.24, 2.45) is 0 Å². The molecular weight excluding hydrogens is 340 g/mol. The van der Waals surface area contributed by atoms with Crippen LogP contribution in [0.4, 0.5) is 0 Å². The second kappa shape index (κ2) is 8.74. The quantitative estimate of drug-likeness (QED) is 0.583. The third kappa shape index (κ3) is 5.56. The molecule has 1 heterocycles. The Kier molecular flexibility index (Phi) is 7.65. The molecule has 0 radical (unpaired) electrons. The molecule has 0 fully saturated rings. The van der Waals surface area contributed by atoms with E-state index >= 15 is 0 Å². The van der Waals surface area contributed by atoms with Crippen LogP contribution in [0.15, 0.2) is 16.7 Å². The summed E-state index contributed by atoms with van der Waals surface area (Å²) in [5.41, 5.74) is 0.367. The number of hydrogen-bond acceptors (Lipinski definition) is 4. The molecule has 1 aromatic rings. The number of amides is 1. The maximum atomic E-state index is 11.8. The van der Waals surface area contributed by atoms with Gasteiger partial charge in [-0.2, -0.15) is 11.8 Å². The van der Waals surface area contributed by atoms with Crippen molar-refractivity contribution in [2.75, 3.05) is 24.7 Å². The molecule has 1 aromatic heterocycles. The first-order chi connectivity index (χ1) is 8.65. The lowest BCUT2D eigenvalue weighted by Gasteiger charge is -2.06. The number of nitrogens with one attached hydrogen (secondary N) is 1. The molecule has 0 aliphatic rings. The van der Waals surface area contributed by atoms with Gasteiger partial charge >= 0.3 is 0 Å². The lowest BCUT2D eigenvalue weighted by molar-refractivity contribution is 0.0956. The normalized spacial score (nSPS) is 10.4. The molecule has 0 aliphatic carbocycles. The number of aliphatic hydroxyl groups excluding tert-OH is 1. The van der Waals surface area contributed by atoms with E-state index in [4.69, 9.17) is 16.7 Å². The van der Waals surface area contributed by atoms with Crippen molar-refractivity contribution in [1.82, 2.24) is 10.3 Å². The summed E-state index contributed by atoms with van der Waals surface area (Å²) in [6.07, 6.45) is 2.32. The Morgan fingerprint density at radius 3 is 3.06 bits per heavy atom. The Morgan fingerprint density at radius 2 is 2.33 bits per heavy atom. The highest BCUT2D eigenvalue weighted by atomic mass is 79.9. The highest BCUT2D eigenvalue weighted by molar-refractivity contribution is 9.10. The van der Waals surface area contributed by atoms with Crippen LogP contribution in [0.1, 0.15) is 16.8 Å². The number of carbonyl (C=O) groups excluding carboxylic acids is 1. The van der Waals surface area contributed by atoms with Gasteiger partial charge in [-0.15, -0.1) is 0 Å². The maximum Gasteiger partial charge on any atom is 0.254 e. The molecule has 2 N–H and O–H groups in total. The van der Waals surface area contributed by atoms with Gasteiger partial charge in [-0.05, 0) is 34.2 Å². The highest BCUT2D eigenvalue weighted by Crippen LogP contribution is 2.17. The minimum atomic E-state index is -0.225. The molecule has 4 nitrogen and oxygen atoms in total. The molecule has 1 amide bonds. The lowest BCUT2D eigenvalue weighted by atomic mass is 10.3. The van der Waals surface area contributed by atoms with Crippen LogP contribution in [0.5, 0.6) is 0 Å². The average Bonchev–Trinajstić information content (AvgIpc) is 2.36. The van der Waals surface area contributed by atoms with Crippen LogP contribution in [-0.2, 0) is 0 Å². The van der Waals surface area contributed by atoms with E-state index in [9.17, 15) is 4.79 Å². The third-order valence-corrected chi connectivity index (χ3v) is 3.83. The van der Waals surface area contributed by atoms with Gasteiger partial charge in [0.1, 0.15) is 5.15 Å². The first-order valence-electron chi connectivity index (χ1n) is 5.43. The fourth-order valence-electron chi connectivity index (χ4n) is 1.18. The van der Waals surface area contributed by atoms with E-state index < -0.39 is 0 Å². The number of pyridine rings is 1. The van der Waals surface area contributed by atoms with E-state index in [1.54, 1.807) is 24.0 Å². The monoisotopic (exact) mass is 352 g/mol. The summed E-state index contributed by atoms with van der Waals surface area (Å²) in [6, 6.07) is 1.64. The topological polar surface area (TPSA) is 62.2 Å². The lowest BCUT2D eigenvalue weighted by Crippen LogP contribution is -2.26. The van der Waals surface area contributed by atoms with Crippen LogP contribution in [0.25, 0.3) is 0 Å². The summed E-state index contributed by atoms with van der Waals surface area (Å²) in [4.78, 5) is 15.7. The predicted octanol–water partition coefficient (Wildman–Crippen LogP) is 2.34. The molecule has 0 spiro atoms. The average molecular weight is 354 g/mol. The summed E-state index contributed by atoms with van der Waals surface area (Å²) in [6.45, 7) is 0.774. The van der Waals surface area contributed by atoms with Crippen molar-refractivity contribution in [3.8, 4) is 0 Å². The number of nitrogens with zero attached hydrogens (tertiary/aromatic N) is 1. The second-order valence-electron chi connectivity index (χ2n) is 3.44. The minimum absolute atomic E-state index is 0.198. The fraction of sp³-hybridized carbons (Fsp3) is 0.455. The van der Waals surface area contributed by atoms with Gasteiger partial charge in [0.2, 0.25) is 0 Å². The van der Waals surface area contributed by atoms with Crippen LogP contribution in [-0.4, -0.2) is 40.7 Å². The number of aliphatic hydroxyl groups is 1. The van der Waals surface area contributed by atoms with E-state index in [1.807, 2.05) is 0 Å². The smallest absolute Gasteiger partial charge is 0.254 e. The zero-order valence-electron chi connectivity index (χ0n) is 9.66. The Hall–Kier alpha value is -0.300. The first kappa shape index (κ1) is 15.8. The molecule has 0 unspecified atom stereocenters. The maximum absolute atomic E-state index is 11.8. The van der Waals surface area contributed by atoms with Gasteiger partial charge in [0.25, 0.3) is 5.91 Å². The van der Waals surface area contributed by atoms with Crippen molar-refractivity contribution in [1.29, 1.82) is 0 Å². The van der Waals surface area contributed by atoms with Crippen LogP contribution in [0, 0.1) is 0 Å². The van der Waals surface area contributed by atoms with E-state index in [1.165, 1.54) is 0 Å². The molecule has 0 aromatic carbocycles. The van der Waals surface area contributed by atoms with Crippen molar-refractivity contribution in [2.45, 2.75) is 6.42 Å². The Labute approximate surface area is 124 Å². The molecule has 0 bridgehead atoms. The molecule has 0 saturated carbocycles. The van der Waals surface area contributed by atoms with Gasteiger partial charge in [-0.25, -0.2) is 4.98 Å². The van der Waals surface area contributed by atoms with E-state index in [-0.39, 0.29) is 17.7 Å². The summed E-state index contributed by atoms with van der Waals surface area (Å²) in [5, 5.41) is 11.6. The standard InChI is InChI=1S/C11H14BrClN2O2S/c12-8-6-9(10(13)15-7-8)11(17)14-2-5-18-4-1-3-16/h6-7,16H,1-5H2,(H,14,17). The molecule has 18 heavy (non-hydrogen) atoms. The van der Waals surface area contributed by atoms with Crippen molar-refractivity contribution < 1.29 is 9.90 Å². The van der Waals surface area contributed by atoms with Gasteiger partial charge < -0.3 is 10.4 Å². The molecule has 7 heteroatoms. The van der Waals surface area contributed by atoms with Crippen LogP contribution < -0.4 is 5.32 Å². The zero-order chi connectivity index (χ0) is 13.4. The highest BCUT2D eigenvalue weighted by Gasteiger charge is 2.11. The predicted molar refractivity (Wildman–Crippen MR) is 78.3 cm³/mol. The minimum Gasteiger partial charge on any atom is -0.396 e. The second-order valence-corrected chi connectivity index (χ2v) is 5.94. The number of hydrogen-bond donors (Lipinski definition) is 2. The summed E-state index contributed by atoms with van der Waals surface area (Å²) >= 11 is 10.8. The van der Waals surface area contributed by atoms with Crippen LogP contribution in [0.3, 0.4) is 0 Å². The van der Waals surface area contributed by atoms with E-state index in [0.717, 1.165) is 22.4 Å². The summed E-state index contributed by atoms with van der Waals surface area (Å²) in [7, 11) is 0. The van der Waals surface area contributed by atoms with E-state index in [2.05, 4.69) is 26.2 Å². The largest absolute Gasteiger partial charge is 0.396 e. The Morgan fingerprint density at radius 1 is 1.56 bits per heavy atom. The molecule has 100 valence electrons. The van der Waals surface area contributed by atoms with E-state index in [0.29, 0.717) is 12.1 Å². The van der Waals surface area contributed by atoms with Gasteiger partial charge in [0, 0.05) is 29.6 Å². The number of carbonyl (C=O) groups is 1. The van der Waals surface area contributed by atoms with Crippen LogP contribution in [0.2, 0.25) is 5.15 Å². The van der Waals surface area contributed by atoms with Crippen LogP contribution >= 0.6 is 39.3 Å². The number of halogens is 2. The summed E-state index contributed by atoms with van der Waals surface area (Å²) in [5.74, 6) is 1.48. The Bertz CT molecular complexity index is 407. The SMILES string of the molecule is O=C(NCCSCCCO)c1cc(Br)cnc1Cl. The van der Waals surface area contributed by atoms with Crippen molar-refractivity contribution in [3.63, 3.8) is 0 Å². The number of rotatable bonds is 7. The van der Waals surface area contributed by atoms with Gasteiger partial charge in [-0.3, -0.25) is 4.79 Å². The van der Waals surface area contributed by atoms with Crippen molar-refractivity contribution in [3.05, 3.63) is 27.5 Å². The van der Waals surface area contributed by atoms with Gasteiger partial charge in [0.05, 0.1) is 5.56 Å². The first-order valence-corrected chi connectivity index (χ1v) is 7.75. The van der Waals surface area contributed by atoms with Gasteiger partial charge in [0.15, 0.2) is 0 Å². The van der Waals surface area contributed by atoms with Crippen molar-refractivity contribution >= 4 is 45.2 Å². The molecule has 0 atom stereocenters. The Balaban J connectivity index is 2.34. The molecule has 0 aliphatic heterocycles. The molecular formula is C11H14BrClN2O2S. The number of aromatic nitrogens is 1. The third-order valence-electron chi connectivity index (χ3n) is 2.03.